The molecule has 0 N–H and O–H groups in total. The van der Waals surface area contributed by atoms with E-state index in [0.29, 0.717) is 5.92 Å². The molecule has 0 saturated carbocycles. The lowest BCUT2D eigenvalue weighted by Gasteiger charge is -2.12. The summed E-state index contributed by atoms with van der Waals surface area (Å²) in [6, 6.07) is 6.62. The molecule has 1 unspecified atom stereocenters. The molecule has 0 amide bonds. The maximum absolute atomic E-state index is 2.33. The van der Waals surface area contributed by atoms with E-state index in [0.717, 1.165) is 0 Å². The van der Waals surface area contributed by atoms with Crippen molar-refractivity contribution in [3.63, 3.8) is 0 Å². The highest BCUT2D eigenvalue weighted by atomic mass is 32.1. The molecule has 0 fully saturated rings. The molecule has 0 saturated heterocycles. The van der Waals surface area contributed by atoms with Crippen molar-refractivity contribution in [2.24, 2.45) is 0 Å². The lowest BCUT2D eigenvalue weighted by atomic mass is 9.94. The Hall–Kier alpha value is -1.08. The first-order valence-electron chi connectivity index (χ1n) is 5.46. The van der Waals surface area contributed by atoms with Crippen LogP contribution in [0, 0.1) is 6.92 Å². The van der Waals surface area contributed by atoms with Crippen molar-refractivity contribution >= 4 is 27.5 Å². The Morgan fingerprint density at radius 3 is 3.07 bits per heavy atom. The zero-order valence-corrected chi connectivity index (χ0v) is 9.90. The predicted octanol–water partition coefficient (Wildman–Crippen LogP) is 4.73. The molecule has 3 rings (SSSR count). The van der Waals surface area contributed by atoms with E-state index in [2.05, 4.69) is 44.2 Å². The number of allylic oxidation sites excluding steroid dienone is 1. The number of hydrogen-bond acceptors (Lipinski definition) is 1. The summed E-state index contributed by atoms with van der Waals surface area (Å²) in [6.45, 7) is 4.53. The SMILES string of the molecule is Cc1cccc2c3c(sc12)C(C)CC=C3. The van der Waals surface area contributed by atoms with Crippen LogP contribution in [0.4, 0.5) is 0 Å². The maximum Gasteiger partial charge on any atom is 0.0381 e. The van der Waals surface area contributed by atoms with Crippen LogP contribution in [0.15, 0.2) is 24.3 Å². The van der Waals surface area contributed by atoms with E-state index >= 15 is 0 Å². The molecular weight excluding hydrogens is 200 g/mol. The van der Waals surface area contributed by atoms with Crippen LogP contribution in [-0.2, 0) is 0 Å². The van der Waals surface area contributed by atoms with Gasteiger partial charge in [-0.2, -0.15) is 0 Å². The van der Waals surface area contributed by atoms with Crippen molar-refractivity contribution in [1.82, 2.24) is 0 Å². The van der Waals surface area contributed by atoms with Gasteiger partial charge in [0.15, 0.2) is 0 Å². The highest BCUT2D eigenvalue weighted by Gasteiger charge is 2.18. The van der Waals surface area contributed by atoms with Gasteiger partial charge in [-0.3, -0.25) is 0 Å². The Morgan fingerprint density at radius 2 is 2.20 bits per heavy atom. The van der Waals surface area contributed by atoms with E-state index in [1.54, 1.807) is 4.88 Å². The first-order valence-corrected chi connectivity index (χ1v) is 6.27. The molecule has 0 spiro atoms. The lowest BCUT2D eigenvalue weighted by molar-refractivity contribution is 0.791. The standard InChI is InChI=1S/C14H14S/c1-9-5-3-7-11-12-8-4-6-10(2)14(12)15-13(9)11/h3-5,7-8,10H,6H2,1-2H3. The maximum atomic E-state index is 2.33. The summed E-state index contributed by atoms with van der Waals surface area (Å²) in [5.41, 5.74) is 2.88. The van der Waals surface area contributed by atoms with E-state index in [9.17, 15) is 0 Å². The van der Waals surface area contributed by atoms with Crippen LogP contribution in [0.1, 0.15) is 35.3 Å². The third kappa shape index (κ3) is 1.26. The normalized spacial score (nSPS) is 19.5. The third-order valence-electron chi connectivity index (χ3n) is 3.20. The molecule has 1 heterocycles. The first-order chi connectivity index (χ1) is 7.27. The topological polar surface area (TPSA) is 0 Å². The van der Waals surface area contributed by atoms with Crippen molar-refractivity contribution < 1.29 is 0 Å². The van der Waals surface area contributed by atoms with E-state index in [1.807, 2.05) is 11.3 Å². The molecule has 76 valence electrons. The summed E-state index contributed by atoms with van der Waals surface area (Å²) in [7, 11) is 0. The molecule has 15 heavy (non-hydrogen) atoms. The molecule has 0 bridgehead atoms. The van der Waals surface area contributed by atoms with Crippen LogP contribution in [0.5, 0.6) is 0 Å². The van der Waals surface area contributed by atoms with Gasteiger partial charge in [-0.15, -0.1) is 11.3 Å². The molecule has 1 aromatic carbocycles. The number of benzene rings is 1. The summed E-state index contributed by atoms with van der Waals surface area (Å²) in [4.78, 5) is 1.57. The van der Waals surface area contributed by atoms with E-state index in [4.69, 9.17) is 0 Å². The molecule has 1 aromatic heterocycles. The van der Waals surface area contributed by atoms with Crippen LogP contribution >= 0.6 is 11.3 Å². The van der Waals surface area contributed by atoms with Crippen LogP contribution in [0.2, 0.25) is 0 Å². The Morgan fingerprint density at radius 1 is 1.33 bits per heavy atom. The summed E-state index contributed by atoms with van der Waals surface area (Å²) >= 11 is 1.98. The average Bonchev–Trinajstić information content (AvgIpc) is 2.60. The van der Waals surface area contributed by atoms with E-state index < -0.39 is 0 Å². The molecule has 1 aliphatic carbocycles. The van der Waals surface area contributed by atoms with Gasteiger partial charge in [-0.25, -0.2) is 0 Å². The Labute approximate surface area is 94.2 Å². The molecule has 0 radical (unpaired) electrons. The molecule has 1 heteroatoms. The highest BCUT2D eigenvalue weighted by molar-refractivity contribution is 7.19. The van der Waals surface area contributed by atoms with Crippen molar-refractivity contribution in [2.75, 3.05) is 0 Å². The number of aryl methyl sites for hydroxylation is 1. The van der Waals surface area contributed by atoms with Crippen LogP contribution in [-0.4, -0.2) is 0 Å². The molecule has 0 aliphatic heterocycles. The minimum atomic E-state index is 0.696. The fourth-order valence-electron chi connectivity index (χ4n) is 2.33. The van der Waals surface area contributed by atoms with Crippen LogP contribution in [0.3, 0.4) is 0 Å². The Bertz CT molecular complexity index is 546. The summed E-state index contributed by atoms with van der Waals surface area (Å²) in [5, 5.41) is 1.44. The fourth-order valence-corrected chi connectivity index (χ4v) is 3.65. The number of rotatable bonds is 0. The molecule has 1 aliphatic rings. The van der Waals surface area contributed by atoms with Crippen molar-refractivity contribution in [3.05, 3.63) is 40.3 Å². The molecule has 1 atom stereocenters. The van der Waals surface area contributed by atoms with Gasteiger partial charge in [0.2, 0.25) is 0 Å². The number of hydrogen-bond donors (Lipinski definition) is 0. The van der Waals surface area contributed by atoms with Crippen molar-refractivity contribution in [1.29, 1.82) is 0 Å². The second-order valence-corrected chi connectivity index (χ2v) is 5.42. The minimum absolute atomic E-state index is 0.696. The van der Waals surface area contributed by atoms with E-state index in [-0.39, 0.29) is 0 Å². The van der Waals surface area contributed by atoms with Gasteiger partial charge in [-0.05, 0) is 30.4 Å². The average molecular weight is 214 g/mol. The molecule has 2 aromatic rings. The van der Waals surface area contributed by atoms with Crippen molar-refractivity contribution in [3.8, 4) is 0 Å². The predicted molar refractivity (Wildman–Crippen MR) is 68.6 cm³/mol. The van der Waals surface area contributed by atoms with Gasteiger partial charge >= 0.3 is 0 Å². The third-order valence-corrected chi connectivity index (χ3v) is 4.79. The highest BCUT2D eigenvalue weighted by Crippen LogP contribution is 2.41. The van der Waals surface area contributed by atoms with Crippen LogP contribution in [0.25, 0.3) is 16.2 Å². The van der Waals surface area contributed by atoms with Crippen molar-refractivity contribution in [2.45, 2.75) is 26.2 Å². The minimum Gasteiger partial charge on any atom is -0.139 e. The quantitative estimate of drug-likeness (QED) is 0.594. The summed E-state index contributed by atoms with van der Waals surface area (Å²) in [6.07, 6.45) is 5.80. The van der Waals surface area contributed by atoms with Gasteiger partial charge in [0.1, 0.15) is 0 Å². The second-order valence-electron chi connectivity index (χ2n) is 4.37. The zero-order valence-electron chi connectivity index (χ0n) is 9.08. The number of fused-ring (bicyclic) bond motifs is 3. The Balaban J connectivity index is 2.41. The monoisotopic (exact) mass is 214 g/mol. The second kappa shape index (κ2) is 3.21. The van der Waals surface area contributed by atoms with Crippen LogP contribution < -0.4 is 0 Å². The molecule has 0 nitrogen and oxygen atoms in total. The Kier molecular flexibility index (Phi) is 1.96. The zero-order chi connectivity index (χ0) is 10.4. The smallest absolute Gasteiger partial charge is 0.0381 e. The number of thiophene rings is 1. The van der Waals surface area contributed by atoms with Gasteiger partial charge in [0.05, 0.1) is 0 Å². The van der Waals surface area contributed by atoms with Gasteiger partial charge in [0, 0.05) is 15.0 Å². The molecular formula is C14H14S. The largest absolute Gasteiger partial charge is 0.139 e. The summed E-state index contributed by atoms with van der Waals surface area (Å²) in [5.74, 6) is 0.696. The van der Waals surface area contributed by atoms with Gasteiger partial charge < -0.3 is 0 Å². The summed E-state index contributed by atoms with van der Waals surface area (Å²) < 4.78 is 1.47. The fraction of sp³-hybridized carbons (Fsp3) is 0.286. The lowest BCUT2D eigenvalue weighted by Crippen LogP contribution is -1.94. The van der Waals surface area contributed by atoms with E-state index in [1.165, 1.54) is 27.6 Å². The van der Waals surface area contributed by atoms with Gasteiger partial charge in [0.25, 0.3) is 0 Å². The first kappa shape index (κ1) is 9.17. The van der Waals surface area contributed by atoms with Gasteiger partial charge in [-0.1, -0.05) is 37.3 Å².